The Morgan fingerprint density at radius 1 is 1.00 bits per heavy atom. The van der Waals surface area contributed by atoms with Gasteiger partial charge in [-0.05, 0) is 43.9 Å². The topological polar surface area (TPSA) is 91.7 Å². The molecule has 1 aliphatic carbocycles. The average molecular weight is 409 g/mol. The molecule has 2 aliphatic rings. The minimum Gasteiger partial charge on any atom is -0.472 e. The van der Waals surface area contributed by atoms with Crippen LogP contribution in [0.1, 0.15) is 59.2 Å². The van der Waals surface area contributed by atoms with Crippen LogP contribution in [0.25, 0.3) is 0 Å². The predicted octanol–water partition coefficient (Wildman–Crippen LogP) is 3.44. The van der Waals surface area contributed by atoms with Gasteiger partial charge in [0.2, 0.25) is 5.91 Å². The molecule has 1 aromatic heterocycles. The van der Waals surface area contributed by atoms with Gasteiger partial charge in [0, 0.05) is 19.1 Å². The molecule has 7 heteroatoms. The number of amides is 3. The van der Waals surface area contributed by atoms with Crippen molar-refractivity contribution < 1.29 is 18.8 Å². The number of hydrogen-bond acceptors (Lipinski definition) is 4. The van der Waals surface area contributed by atoms with Crippen molar-refractivity contribution in [2.75, 3.05) is 18.4 Å². The van der Waals surface area contributed by atoms with Gasteiger partial charge in [-0.1, -0.05) is 25.0 Å². The summed E-state index contributed by atoms with van der Waals surface area (Å²) in [5.74, 6) is -0.767. The van der Waals surface area contributed by atoms with Crippen LogP contribution in [0.2, 0.25) is 0 Å². The minimum atomic E-state index is -0.319. The Labute approximate surface area is 175 Å². The van der Waals surface area contributed by atoms with Gasteiger partial charge in [0.15, 0.2) is 0 Å². The lowest BCUT2D eigenvalue weighted by molar-refractivity contribution is -0.121. The predicted molar refractivity (Wildman–Crippen MR) is 112 cm³/mol. The second-order valence-corrected chi connectivity index (χ2v) is 8.09. The fourth-order valence-corrected chi connectivity index (χ4v) is 4.30. The molecular formula is C23H27N3O4. The first kappa shape index (κ1) is 20.2. The van der Waals surface area contributed by atoms with E-state index in [0.717, 1.165) is 32.1 Å². The molecule has 0 radical (unpaired) electrons. The van der Waals surface area contributed by atoms with Crippen molar-refractivity contribution in [2.24, 2.45) is 5.92 Å². The molecule has 2 fully saturated rings. The van der Waals surface area contributed by atoms with Crippen molar-refractivity contribution in [3.05, 3.63) is 54.0 Å². The number of piperidine rings is 1. The molecule has 3 amide bonds. The molecule has 1 unspecified atom stereocenters. The molecule has 30 heavy (non-hydrogen) atoms. The summed E-state index contributed by atoms with van der Waals surface area (Å²) < 4.78 is 5.00. The van der Waals surface area contributed by atoms with Gasteiger partial charge in [-0.25, -0.2) is 0 Å². The molecule has 1 saturated carbocycles. The monoisotopic (exact) mass is 409 g/mol. The maximum Gasteiger partial charge on any atom is 0.257 e. The van der Waals surface area contributed by atoms with Crippen LogP contribution in [0.15, 0.2) is 47.3 Å². The summed E-state index contributed by atoms with van der Waals surface area (Å²) in [7, 11) is 0. The number of carbonyl (C=O) groups excluding carboxylic acids is 3. The fourth-order valence-electron chi connectivity index (χ4n) is 4.30. The first-order chi connectivity index (χ1) is 14.6. The summed E-state index contributed by atoms with van der Waals surface area (Å²) in [6, 6.07) is 8.92. The maximum absolute atomic E-state index is 12.9. The number of nitrogens with one attached hydrogen (secondary N) is 2. The van der Waals surface area contributed by atoms with E-state index in [1.165, 1.54) is 12.5 Å². The number of para-hydroxylation sites is 1. The number of benzene rings is 1. The quantitative estimate of drug-likeness (QED) is 0.791. The van der Waals surface area contributed by atoms with Crippen LogP contribution in [0.5, 0.6) is 0 Å². The van der Waals surface area contributed by atoms with E-state index in [4.69, 9.17) is 4.42 Å². The van der Waals surface area contributed by atoms with Gasteiger partial charge >= 0.3 is 0 Å². The molecule has 1 aliphatic heterocycles. The Balaban J connectivity index is 1.41. The van der Waals surface area contributed by atoms with Crippen LogP contribution in [-0.4, -0.2) is 41.8 Å². The lowest BCUT2D eigenvalue weighted by Crippen LogP contribution is -2.43. The Morgan fingerprint density at radius 2 is 1.80 bits per heavy atom. The zero-order chi connectivity index (χ0) is 20.9. The highest BCUT2D eigenvalue weighted by atomic mass is 16.3. The lowest BCUT2D eigenvalue weighted by Gasteiger charge is -2.32. The summed E-state index contributed by atoms with van der Waals surface area (Å²) in [6.07, 6.45) is 8.63. The van der Waals surface area contributed by atoms with Crippen LogP contribution >= 0.6 is 0 Å². The Bertz CT molecular complexity index is 903. The van der Waals surface area contributed by atoms with Crippen LogP contribution in [-0.2, 0) is 4.79 Å². The number of likely N-dealkylation sites (tertiary alicyclic amines) is 1. The van der Waals surface area contributed by atoms with E-state index in [1.54, 1.807) is 35.2 Å². The van der Waals surface area contributed by atoms with E-state index in [0.29, 0.717) is 36.3 Å². The highest BCUT2D eigenvalue weighted by Crippen LogP contribution is 2.23. The second-order valence-electron chi connectivity index (χ2n) is 8.09. The van der Waals surface area contributed by atoms with Crippen LogP contribution in [0.4, 0.5) is 5.69 Å². The van der Waals surface area contributed by atoms with Crippen molar-refractivity contribution in [3.63, 3.8) is 0 Å². The number of anilines is 1. The third kappa shape index (κ3) is 4.56. The molecule has 2 aromatic rings. The van der Waals surface area contributed by atoms with Gasteiger partial charge < -0.3 is 20.0 Å². The van der Waals surface area contributed by atoms with Gasteiger partial charge in [0.25, 0.3) is 11.8 Å². The average Bonchev–Trinajstić information content (AvgIpc) is 3.48. The van der Waals surface area contributed by atoms with Gasteiger partial charge in [0.05, 0.1) is 29.0 Å². The van der Waals surface area contributed by atoms with E-state index >= 15 is 0 Å². The smallest absolute Gasteiger partial charge is 0.257 e. The summed E-state index contributed by atoms with van der Waals surface area (Å²) in [5, 5.41) is 6.00. The zero-order valence-corrected chi connectivity index (χ0v) is 16.9. The van der Waals surface area contributed by atoms with Crippen molar-refractivity contribution in [1.82, 2.24) is 10.2 Å². The third-order valence-electron chi connectivity index (χ3n) is 5.97. The highest BCUT2D eigenvalue weighted by Gasteiger charge is 2.30. The molecule has 0 spiro atoms. The van der Waals surface area contributed by atoms with Crippen molar-refractivity contribution in [1.29, 1.82) is 0 Å². The van der Waals surface area contributed by atoms with Crippen molar-refractivity contribution in [3.8, 4) is 0 Å². The molecule has 2 heterocycles. The van der Waals surface area contributed by atoms with E-state index < -0.39 is 0 Å². The van der Waals surface area contributed by atoms with Crippen molar-refractivity contribution in [2.45, 2.75) is 44.6 Å². The molecule has 2 N–H and O–H groups in total. The Kier molecular flexibility index (Phi) is 6.16. The van der Waals surface area contributed by atoms with Gasteiger partial charge in [-0.2, -0.15) is 0 Å². The molecule has 1 aromatic carbocycles. The number of rotatable bonds is 5. The molecule has 4 rings (SSSR count). The molecule has 0 bridgehead atoms. The van der Waals surface area contributed by atoms with E-state index in [2.05, 4.69) is 10.6 Å². The van der Waals surface area contributed by atoms with Gasteiger partial charge in [-0.15, -0.1) is 0 Å². The SMILES string of the molecule is O=C(NC1CCCC1)c1ccccc1NC(=O)C1CCCN(C(=O)c2ccoc2)C1. The van der Waals surface area contributed by atoms with E-state index in [1.807, 2.05) is 0 Å². The van der Waals surface area contributed by atoms with E-state index in [-0.39, 0.29) is 29.7 Å². The largest absolute Gasteiger partial charge is 0.472 e. The van der Waals surface area contributed by atoms with Gasteiger partial charge in [-0.3, -0.25) is 14.4 Å². The Morgan fingerprint density at radius 3 is 2.57 bits per heavy atom. The highest BCUT2D eigenvalue weighted by molar-refractivity contribution is 6.04. The van der Waals surface area contributed by atoms with Crippen LogP contribution in [0, 0.1) is 5.92 Å². The first-order valence-corrected chi connectivity index (χ1v) is 10.6. The number of furan rings is 1. The zero-order valence-electron chi connectivity index (χ0n) is 16.9. The standard InChI is InChI=1S/C23H27N3O4/c27-21(16-6-5-12-26(14-16)23(29)17-11-13-30-15-17)25-20-10-4-3-9-19(20)22(28)24-18-7-1-2-8-18/h3-4,9-11,13,15-16,18H,1-2,5-8,12,14H2,(H,24,28)(H,25,27). The summed E-state index contributed by atoms with van der Waals surface area (Å²) in [6.45, 7) is 0.973. The van der Waals surface area contributed by atoms with Crippen LogP contribution in [0.3, 0.4) is 0 Å². The van der Waals surface area contributed by atoms with Crippen LogP contribution < -0.4 is 10.6 Å². The number of carbonyl (C=O) groups is 3. The summed E-state index contributed by atoms with van der Waals surface area (Å²) in [4.78, 5) is 39.9. The fraction of sp³-hybridized carbons (Fsp3) is 0.435. The first-order valence-electron chi connectivity index (χ1n) is 10.6. The van der Waals surface area contributed by atoms with Gasteiger partial charge in [0.1, 0.15) is 6.26 Å². The Hall–Kier alpha value is -3.09. The van der Waals surface area contributed by atoms with Crippen molar-refractivity contribution >= 4 is 23.4 Å². The molecule has 158 valence electrons. The molecule has 7 nitrogen and oxygen atoms in total. The summed E-state index contributed by atoms with van der Waals surface area (Å²) in [5.41, 5.74) is 1.47. The number of hydrogen-bond donors (Lipinski definition) is 2. The minimum absolute atomic E-state index is 0.127. The van der Waals surface area contributed by atoms with E-state index in [9.17, 15) is 14.4 Å². The third-order valence-corrected chi connectivity index (χ3v) is 5.97. The molecule has 1 saturated heterocycles. The molecular weight excluding hydrogens is 382 g/mol. The normalized spacial score (nSPS) is 19.5. The maximum atomic E-state index is 12.9. The lowest BCUT2D eigenvalue weighted by atomic mass is 9.96. The second kappa shape index (κ2) is 9.15. The number of nitrogens with zero attached hydrogens (tertiary/aromatic N) is 1. The molecule has 1 atom stereocenters. The summed E-state index contributed by atoms with van der Waals surface area (Å²) >= 11 is 0.